The summed E-state index contributed by atoms with van der Waals surface area (Å²) < 4.78 is 18.4. The Morgan fingerprint density at radius 1 is 1.21 bits per heavy atom. The molecule has 0 atom stereocenters. The highest BCUT2D eigenvalue weighted by Crippen LogP contribution is 2.30. The Hall–Kier alpha value is -4.14. The minimum Gasteiger partial charge on any atom is -0.493 e. The van der Waals surface area contributed by atoms with E-state index in [4.69, 9.17) is 14.0 Å². The van der Waals surface area contributed by atoms with Gasteiger partial charge < -0.3 is 19.3 Å². The summed E-state index contributed by atoms with van der Waals surface area (Å²) in [5.41, 5.74) is 3.89. The fourth-order valence-corrected chi connectivity index (χ4v) is 3.51. The van der Waals surface area contributed by atoms with E-state index in [9.17, 15) is 4.79 Å². The zero-order chi connectivity index (χ0) is 24.2. The van der Waals surface area contributed by atoms with E-state index in [2.05, 4.69) is 20.6 Å². The molecule has 0 aliphatic heterocycles. The normalized spacial score (nSPS) is 11.5. The molecule has 4 aromatic rings. The summed E-state index contributed by atoms with van der Waals surface area (Å²) in [7, 11) is 1.57. The van der Waals surface area contributed by atoms with E-state index < -0.39 is 0 Å². The number of hydrogen-bond acceptors (Lipinski definition) is 7. The molecule has 9 heteroatoms. The van der Waals surface area contributed by atoms with Gasteiger partial charge in [-0.1, -0.05) is 11.2 Å². The van der Waals surface area contributed by atoms with Crippen LogP contribution in [0.3, 0.4) is 0 Å². The Labute approximate surface area is 197 Å². The Morgan fingerprint density at radius 3 is 2.74 bits per heavy atom. The standard InChI is InChI=1S/C25H27N5O4/c1-15(2)30-25-19(12-27-30)11-20(13-26-25)28-24(31)9-7-18-6-8-22(23(10-18)32-5)33-14-21-16(3)29-34-17(21)4/h6-13,15H,14H2,1-5H3,(H,28,31)/b9-7+. The van der Waals surface area contributed by atoms with Crippen LogP contribution in [-0.2, 0) is 11.4 Å². The lowest BCUT2D eigenvalue weighted by Crippen LogP contribution is -2.08. The smallest absolute Gasteiger partial charge is 0.248 e. The highest BCUT2D eigenvalue weighted by molar-refractivity contribution is 6.02. The van der Waals surface area contributed by atoms with Gasteiger partial charge >= 0.3 is 0 Å². The van der Waals surface area contributed by atoms with Crippen molar-refractivity contribution < 1.29 is 18.8 Å². The number of methoxy groups -OCH3 is 1. The van der Waals surface area contributed by atoms with E-state index >= 15 is 0 Å². The zero-order valence-electron chi connectivity index (χ0n) is 19.8. The van der Waals surface area contributed by atoms with Crippen molar-refractivity contribution in [3.63, 3.8) is 0 Å². The Kier molecular flexibility index (Phi) is 6.62. The number of rotatable bonds is 8. The third kappa shape index (κ3) is 4.93. The molecule has 1 N–H and O–H groups in total. The van der Waals surface area contributed by atoms with Crippen LogP contribution in [-0.4, -0.2) is 32.9 Å². The lowest BCUT2D eigenvalue weighted by molar-refractivity contribution is -0.111. The van der Waals surface area contributed by atoms with Crippen LogP contribution in [0, 0.1) is 13.8 Å². The van der Waals surface area contributed by atoms with Gasteiger partial charge in [-0.2, -0.15) is 5.10 Å². The summed E-state index contributed by atoms with van der Waals surface area (Å²) in [6.07, 6.45) is 6.54. The molecule has 0 aliphatic rings. The molecule has 34 heavy (non-hydrogen) atoms. The van der Waals surface area contributed by atoms with E-state index in [0.29, 0.717) is 23.8 Å². The predicted octanol–water partition coefficient (Wildman–Crippen LogP) is 4.86. The summed E-state index contributed by atoms with van der Waals surface area (Å²) in [5.74, 6) is 1.61. The van der Waals surface area contributed by atoms with E-state index in [1.807, 2.05) is 44.5 Å². The minimum atomic E-state index is -0.268. The Bertz CT molecular complexity index is 1330. The summed E-state index contributed by atoms with van der Waals surface area (Å²) in [4.78, 5) is 16.9. The number of amides is 1. The van der Waals surface area contributed by atoms with Crippen LogP contribution >= 0.6 is 0 Å². The van der Waals surface area contributed by atoms with Gasteiger partial charge in [0, 0.05) is 17.5 Å². The van der Waals surface area contributed by atoms with Crippen molar-refractivity contribution in [1.82, 2.24) is 19.9 Å². The Balaban J connectivity index is 1.41. The number of nitrogens with zero attached hydrogens (tertiary/aromatic N) is 4. The third-order valence-corrected chi connectivity index (χ3v) is 5.36. The maximum atomic E-state index is 12.4. The predicted molar refractivity (Wildman–Crippen MR) is 129 cm³/mol. The molecule has 0 unspecified atom stereocenters. The summed E-state index contributed by atoms with van der Waals surface area (Å²) in [6.45, 7) is 8.13. The number of benzene rings is 1. The molecule has 1 amide bonds. The van der Waals surface area contributed by atoms with E-state index in [-0.39, 0.29) is 11.9 Å². The highest BCUT2D eigenvalue weighted by atomic mass is 16.5. The van der Waals surface area contributed by atoms with Gasteiger partial charge in [-0.15, -0.1) is 0 Å². The number of aromatic nitrogens is 4. The van der Waals surface area contributed by atoms with Crippen LogP contribution < -0.4 is 14.8 Å². The molecule has 9 nitrogen and oxygen atoms in total. The quantitative estimate of drug-likeness (QED) is 0.374. The van der Waals surface area contributed by atoms with Gasteiger partial charge in [-0.05, 0) is 57.5 Å². The molecule has 0 spiro atoms. The molecule has 0 saturated carbocycles. The topological polar surface area (TPSA) is 104 Å². The molecular formula is C25H27N5O4. The van der Waals surface area contributed by atoms with Crippen molar-refractivity contribution in [3.8, 4) is 11.5 Å². The molecule has 0 fully saturated rings. The fraction of sp³-hybridized carbons (Fsp3) is 0.280. The summed E-state index contributed by atoms with van der Waals surface area (Å²) in [6, 6.07) is 7.52. The second-order valence-electron chi connectivity index (χ2n) is 8.14. The van der Waals surface area contributed by atoms with Crippen LogP contribution in [0.15, 0.2) is 47.3 Å². The zero-order valence-corrected chi connectivity index (χ0v) is 19.8. The minimum absolute atomic E-state index is 0.207. The molecular weight excluding hydrogens is 434 g/mol. The van der Waals surface area contributed by atoms with Gasteiger partial charge in [0.1, 0.15) is 12.4 Å². The first-order valence-corrected chi connectivity index (χ1v) is 10.9. The average molecular weight is 462 g/mol. The number of anilines is 1. The van der Waals surface area contributed by atoms with Crippen molar-refractivity contribution >= 4 is 28.7 Å². The van der Waals surface area contributed by atoms with Gasteiger partial charge in [-0.25, -0.2) is 9.67 Å². The van der Waals surface area contributed by atoms with Gasteiger partial charge in [0.25, 0.3) is 0 Å². The van der Waals surface area contributed by atoms with Gasteiger partial charge in [0.15, 0.2) is 17.1 Å². The number of pyridine rings is 1. The van der Waals surface area contributed by atoms with Crippen molar-refractivity contribution in [1.29, 1.82) is 0 Å². The lowest BCUT2D eigenvalue weighted by atomic mass is 10.2. The van der Waals surface area contributed by atoms with Crippen molar-refractivity contribution in [2.45, 2.75) is 40.3 Å². The van der Waals surface area contributed by atoms with Gasteiger partial charge in [-0.3, -0.25) is 4.79 Å². The second kappa shape index (κ2) is 9.78. The monoisotopic (exact) mass is 461 g/mol. The molecule has 3 heterocycles. The number of hydrogen-bond donors (Lipinski definition) is 1. The maximum absolute atomic E-state index is 12.4. The molecule has 0 aliphatic carbocycles. The molecule has 0 radical (unpaired) electrons. The van der Waals surface area contributed by atoms with E-state index in [1.54, 1.807) is 37.7 Å². The summed E-state index contributed by atoms with van der Waals surface area (Å²) in [5, 5.41) is 12.0. The van der Waals surface area contributed by atoms with Crippen molar-refractivity contribution in [3.05, 3.63) is 65.3 Å². The first kappa shape index (κ1) is 23.0. The number of carbonyl (C=O) groups is 1. The van der Waals surface area contributed by atoms with Crippen LogP contribution in [0.5, 0.6) is 11.5 Å². The van der Waals surface area contributed by atoms with Crippen molar-refractivity contribution in [2.75, 3.05) is 12.4 Å². The fourth-order valence-electron chi connectivity index (χ4n) is 3.51. The third-order valence-electron chi connectivity index (χ3n) is 5.36. The number of aryl methyl sites for hydroxylation is 2. The molecule has 1 aromatic carbocycles. The number of fused-ring (bicyclic) bond motifs is 1. The highest BCUT2D eigenvalue weighted by Gasteiger charge is 2.12. The average Bonchev–Trinajstić information content (AvgIpc) is 3.39. The van der Waals surface area contributed by atoms with E-state index in [0.717, 1.165) is 33.6 Å². The van der Waals surface area contributed by atoms with Crippen LogP contribution in [0.25, 0.3) is 17.1 Å². The first-order chi connectivity index (χ1) is 16.4. The molecule has 0 bridgehead atoms. The number of nitrogens with one attached hydrogen (secondary N) is 1. The largest absolute Gasteiger partial charge is 0.493 e. The van der Waals surface area contributed by atoms with E-state index in [1.165, 1.54) is 6.08 Å². The first-order valence-electron chi connectivity index (χ1n) is 10.9. The van der Waals surface area contributed by atoms with Crippen LogP contribution in [0.2, 0.25) is 0 Å². The van der Waals surface area contributed by atoms with Gasteiger partial charge in [0.05, 0.1) is 36.4 Å². The number of ether oxygens (including phenoxy) is 2. The maximum Gasteiger partial charge on any atom is 0.248 e. The molecule has 3 aromatic heterocycles. The SMILES string of the molecule is COc1cc(/C=C/C(=O)Nc2cnc3c(cnn3C(C)C)c2)ccc1OCc1c(C)noc1C. The van der Waals surface area contributed by atoms with Gasteiger partial charge in [0.2, 0.25) is 5.91 Å². The second-order valence-corrected chi connectivity index (χ2v) is 8.14. The van der Waals surface area contributed by atoms with Crippen molar-refractivity contribution in [2.24, 2.45) is 0 Å². The number of carbonyl (C=O) groups excluding carboxylic acids is 1. The molecule has 0 saturated heterocycles. The van der Waals surface area contributed by atoms with Crippen LogP contribution in [0.1, 0.15) is 42.5 Å². The molecule has 4 rings (SSSR count). The molecule has 176 valence electrons. The van der Waals surface area contributed by atoms with Crippen LogP contribution in [0.4, 0.5) is 5.69 Å². The summed E-state index contributed by atoms with van der Waals surface area (Å²) >= 11 is 0. The Morgan fingerprint density at radius 2 is 2.03 bits per heavy atom. The lowest BCUT2D eigenvalue weighted by Gasteiger charge is -2.11.